The molecule has 3 heterocycles. The summed E-state index contributed by atoms with van der Waals surface area (Å²) in [6.45, 7) is 3.80. The number of hydrogen-bond donors (Lipinski definition) is 1. The fourth-order valence-corrected chi connectivity index (χ4v) is 6.30. The molecule has 1 atom stereocenters. The minimum atomic E-state index is -3.98. The van der Waals surface area contributed by atoms with Crippen LogP contribution in [-0.2, 0) is 16.6 Å². The average Bonchev–Trinajstić information content (AvgIpc) is 3.41. The summed E-state index contributed by atoms with van der Waals surface area (Å²) in [5.41, 5.74) is 0.811. The van der Waals surface area contributed by atoms with Crippen LogP contribution in [0.1, 0.15) is 51.2 Å². The fraction of sp³-hybridized carbons (Fsp3) is 0.261. The molecular weight excluding hydrogens is 462 g/mol. The molecule has 8 nitrogen and oxygen atoms in total. The molecule has 0 bridgehead atoms. The van der Waals surface area contributed by atoms with Crippen LogP contribution in [0, 0.1) is 5.92 Å². The highest BCUT2D eigenvalue weighted by Gasteiger charge is 2.37. The van der Waals surface area contributed by atoms with Crippen molar-refractivity contribution in [2.45, 2.75) is 31.3 Å². The highest BCUT2D eigenvalue weighted by molar-refractivity contribution is 7.89. The number of nitrogens with one attached hydrogen (secondary N) is 1. The number of sulfonamides is 1. The maximum atomic E-state index is 13.4. The lowest BCUT2D eigenvalue weighted by molar-refractivity contribution is 0.0640. The molecule has 4 rings (SSSR count). The maximum Gasteiger partial charge on any atom is 0.280 e. The molecular formula is C23H23N3O5S2. The number of ether oxygens (including phenoxy) is 1. The molecule has 1 unspecified atom stereocenters. The Bertz CT molecular complexity index is 1270. The summed E-state index contributed by atoms with van der Waals surface area (Å²) in [7, 11) is -2.59. The van der Waals surface area contributed by atoms with E-state index in [1.165, 1.54) is 36.8 Å². The van der Waals surface area contributed by atoms with Crippen LogP contribution >= 0.6 is 11.3 Å². The number of imide groups is 1. The van der Waals surface area contributed by atoms with Gasteiger partial charge in [0.05, 0.1) is 25.3 Å². The molecule has 1 aliphatic heterocycles. The summed E-state index contributed by atoms with van der Waals surface area (Å²) in [5, 5.41) is 1.90. The Hall–Kier alpha value is -3.08. The first kappa shape index (κ1) is 23.1. The second-order valence-electron chi connectivity index (χ2n) is 7.94. The van der Waals surface area contributed by atoms with Gasteiger partial charge in [0, 0.05) is 11.1 Å². The summed E-state index contributed by atoms with van der Waals surface area (Å²) < 4.78 is 34.8. The van der Waals surface area contributed by atoms with Crippen LogP contribution < -0.4 is 9.46 Å². The van der Waals surface area contributed by atoms with E-state index in [4.69, 9.17) is 4.74 Å². The lowest BCUT2D eigenvalue weighted by Gasteiger charge is -2.22. The van der Waals surface area contributed by atoms with Crippen LogP contribution in [0.15, 0.2) is 58.9 Å². The summed E-state index contributed by atoms with van der Waals surface area (Å²) in [6.07, 6.45) is 1.45. The number of benzene rings is 1. The first-order chi connectivity index (χ1) is 15.7. The highest BCUT2D eigenvalue weighted by Crippen LogP contribution is 2.32. The Morgan fingerprint density at radius 1 is 1.12 bits per heavy atom. The standard InChI is InChI=1S/C23H23N3O5S2/c1-14(2)20(18-7-5-11-32-18)25-33(29,30)19-12-15(8-9-17(19)31-3)13-26-22(27)16-6-4-10-24-21(16)23(26)28/h4-12,14,20,25H,13H2,1-3H3. The first-order valence-corrected chi connectivity index (χ1v) is 12.6. The van der Waals surface area contributed by atoms with Crippen molar-refractivity contribution in [1.82, 2.24) is 14.6 Å². The highest BCUT2D eigenvalue weighted by atomic mass is 32.2. The van der Waals surface area contributed by atoms with Crippen molar-refractivity contribution in [3.63, 3.8) is 0 Å². The molecule has 0 fully saturated rings. The van der Waals surface area contributed by atoms with Crippen molar-refractivity contribution in [2.75, 3.05) is 7.11 Å². The predicted octanol–water partition coefficient (Wildman–Crippen LogP) is 3.62. The zero-order valence-electron chi connectivity index (χ0n) is 18.3. The quantitative estimate of drug-likeness (QED) is 0.489. The van der Waals surface area contributed by atoms with Crippen LogP contribution in [0.4, 0.5) is 0 Å². The summed E-state index contributed by atoms with van der Waals surface area (Å²) >= 11 is 1.48. The smallest absolute Gasteiger partial charge is 0.280 e. The van der Waals surface area contributed by atoms with Gasteiger partial charge < -0.3 is 4.74 Å². The predicted molar refractivity (Wildman–Crippen MR) is 124 cm³/mol. The second-order valence-corrected chi connectivity index (χ2v) is 10.6. The van der Waals surface area contributed by atoms with Gasteiger partial charge in [-0.3, -0.25) is 19.5 Å². The van der Waals surface area contributed by atoms with Crippen molar-refractivity contribution in [3.05, 3.63) is 75.7 Å². The lowest BCUT2D eigenvalue weighted by atomic mass is 10.0. The molecule has 172 valence electrons. The van der Waals surface area contributed by atoms with Gasteiger partial charge in [0.2, 0.25) is 10.0 Å². The number of fused-ring (bicyclic) bond motifs is 1. The normalized spacial score (nSPS) is 14.6. The molecule has 1 aromatic carbocycles. The van der Waals surface area contributed by atoms with Gasteiger partial charge in [0.25, 0.3) is 11.8 Å². The number of methoxy groups -OCH3 is 1. The number of amides is 2. The number of aromatic nitrogens is 1. The third-order valence-corrected chi connectivity index (χ3v) is 7.81. The number of rotatable bonds is 8. The molecule has 1 N–H and O–H groups in total. The molecule has 2 amide bonds. The van der Waals surface area contributed by atoms with Gasteiger partial charge in [0.1, 0.15) is 16.3 Å². The zero-order chi connectivity index (χ0) is 23.8. The Kier molecular flexibility index (Phi) is 6.33. The SMILES string of the molecule is COc1ccc(CN2C(=O)c3cccnc3C2=O)cc1S(=O)(=O)NC(c1cccs1)C(C)C. The molecule has 1 aliphatic rings. The Balaban J connectivity index is 1.65. The first-order valence-electron chi connectivity index (χ1n) is 10.3. The Labute approximate surface area is 196 Å². The van der Waals surface area contributed by atoms with E-state index in [1.807, 2.05) is 31.4 Å². The van der Waals surface area contributed by atoms with Crippen LogP contribution in [-0.4, -0.2) is 37.2 Å². The molecule has 0 spiro atoms. The Morgan fingerprint density at radius 2 is 1.91 bits per heavy atom. The van der Waals surface area contributed by atoms with E-state index in [1.54, 1.807) is 18.2 Å². The van der Waals surface area contributed by atoms with Gasteiger partial charge in [-0.15, -0.1) is 11.3 Å². The number of hydrogen-bond acceptors (Lipinski definition) is 7. The minimum absolute atomic E-state index is 0.0125. The summed E-state index contributed by atoms with van der Waals surface area (Å²) in [6, 6.07) is 11.1. The van der Waals surface area contributed by atoms with Crippen LogP contribution in [0.5, 0.6) is 5.75 Å². The van der Waals surface area contributed by atoms with Gasteiger partial charge in [-0.25, -0.2) is 13.1 Å². The molecule has 0 radical (unpaired) electrons. The topological polar surface area (TPSA) is 106 Å². The molecule has 0 aliphatic carbocycles. The van der Waals surface area contributed by atoms with Gasteiger partial charge >= 0.3 is 0 Å². The van der Waals surface area contributed by atoms with E-state index < -0.39 is 27.9 Å². The van der Waals surface area contributed by atoms with Gasteiger partial charge in [-0.2, -0.15) is 0 Å². The fourth-order valence-electron chi connectivity index (χ4n) is 3.69. The largest absolute Gasteiger partial charge is 0.495 e. The third-order valence-electron chi connectivity index (χ3n) is 5.39. The zero-order valence-corrected chi connectivity index (χ0v) is 19.9. The Morgan fingerprint density at radius 3 is 2.55 bits per heavy atom. The van der Waals surface area contributed by atoms with E-state index in [-0.39, 0.29) is 34.4 Å². The third kappa shape index (κ3) is 4.41. The monoisotopic (exact) mass is 485 g/mol. The van der Waals surface area contributed by atoms with Crippen LogP contribution in [0.3, 0.4) is 0 Å². The van der Waals surface area contributed by atoms with Crippen molar-refractivity contribution in [2.24, 2.45) is 5.92 Å². The molecule has 10 heteroatoms. The number of pyridine rings is 1. The van der Waals surface area contributed by atoms with Crippen molar-refractivity contribution < 1.29 is 22.7 Å². The van der Waals surface area contributed by atoms with Crippen LogP contribution in [0.2, 0.25) is 0 Å². The van der Waals surface area contributed by atoms with E-state index in [2.05, 4.69) is 9.71 Å². The van der Waals surface area contributed by atoms with Gasteiger partial charge in [-0.05, 0) is 47.2 Å². The van der Waals surface area contributed by atoms with E-state index in [0.29, 0.717) is 5.56 Å². The van der Waals surface area contributed by atoms with Crippen molar-refractivity contribution in [1.29, 1.82) is 0 Å². The molecule has 0 saturated carbocycles. The molecule has 0 saturated heterocycles. The number of carbonyl (C=O) groups is 2. The molecule has 2 aromatic heterocycles. The second kappa shape index (κ2) is 9.05. The number of nitrogens with zero attached hydrogens (tertiary/aromatic N) is 2. The molecule has 33 heavy (non-hydrogen) atoms. The summed E-state index contributed by atoms with van der Waals surface area (Å²) in [4.78, 5) is 31.2. The molecule has 3 aromatic rings. The number of thiophene rings is 1. The van der Waals surface area contributed by atoms with Crippen molar-refractivity contribution in [3.8, 4) is 5.75 Å². The van der Waals surface area contributed by atoms with E-state index >= 15 is 0 Å². The van der Waals surface area contributed by atoms with Crippen molar-refractivity contribution >= 4 is 33.2 Å². The van der Waals surface area contributed by atoms with E-state index in [0.717, 1.165) is 9.78 Å². The number of carbonyl (C=O) groups excluding carboxylic acids is 2. The van der Waals surface area contributed by atoms with Crippen LogP contribution in [0.25, 0.3) is 0 Å². The summed E-state index contributed by atoms with van der Waals surface area (Å²) in [5.74, 6) is -0.784. The van der Waals surface area contributed by atoms with E-state index in [9.17, 15) is 18.0 Å². The average molecular weight is 486 g/mol. The van der Waals surface area contributed by atoms with Gasteiger partial charge in [0.15, 0.2) is 0 Å². The maximum absolute atomic E-state index is 13.4. The lowest BCUT2D eigenvalue weighted by Crippen LogP contribution is -2.32. The minimum Gasteiger partial charge on any atom is -0.495 e. The van der Waals surface area contributed by atoms with Gasteiger partial charge in [-0.1, -0.05) is 26.0 Å².